The van der Waals surface area contributed by atoms with Crippen LogP contribution in [0.1, 0.15) is 39.5 Å². The molecule has 1 rings (SSSR count). The topological polar surface area (TPSA) is 69.6 Å². The van der Waals surface area contributed by atoms with E-state index in [4.69, 9.17) is 5.11 Å². The van der Waals surface area contributed by atoms with E-state index in [-0.39, 0.29) is 6.03 Å². The molecule has 5 nitrogen and oxygen atoms in total. The summed E-state index contributed by atoms with van der Waals surface area (Å²) in [5.74, 6) is -0.969. The number of aliphatic carboxylic acids is 1. The number of amides is 2. The van der Waals surface area contributed by atoms with Gasteiger partial charge in [0.1, 0.15) is 6.04 Å². The van der Waals surface area contributed by atoms with Gasteiger partial charge in [-0.05, 0) is 25.7 Å². The van der Waals surface area contributed by atoms with Crippen LogP contribution >= 0.6 is 0 Å². The molecule has 1 aliphatic carbocycles. The lowest BCUT2D eigenvalue weighted by Crippen LogP contribution is -2.48. The third-order valence-corrected chi connectivity index (χ3v) is 2.72. The summed E-state index contributed by atoms with van der Waals surface area (Å²) in [6.45, 7) is 4.46. The van der Waals surface area contributed by atoms with Crippen LogP contribution in [-0.2, 0) is 4.79 Å². The predicted molar refractivity (Wildman–Crippen MR) is 60.3 cm³/mol. The van der Waals surface area contributed by atoms with E-state index in [0.717, 1.165) is 19.3 Å². The second-order valence-electron chi connectivity index (χ2n) is 4.17. The lowest BCUT2D eigenvalue weighted by Gasteiger charge is -2.24. The van der Waals surface area contributed by atoms with Gasteiger partial charge in [0.05, 0.1) is 0 Å². The molecule has 1 atom stereocenters. The van der Waals surface area contributed by atoms with Crippen molar-refractivity contribution in [2.24, 2.45) is 0 Å². The smallest absolute Gasteiger partial charge is 0.326 e. The number of carbonyl (C=O) groups is 2. The molecule has 0 aromatic heterocycles. The minimum absolute atomic E-state index is 0.237. The quantitative estimate of drug-likeness (QED) is 0.722. The Labute approximate surface area is 95.8 Å². The molecule has 0 aliphatic heterocycles. The van der Waals surface area contributed by atoms with Gasteiger partial charge in [-0.2, -0.15) is 0 Å². The SMILES string of the molecule is CCCN(C(=O)N[C@H](CC)C(=O)O)C1CC1. The van der Waals surface area contributed by atoms with E-state index in [0.29, 0.717) is 19.0 Å². The first-order valence-electron chi connectivity index (χ1n) is 5.90. The van der Waals surface area contributed by atoms with Gasteiger partial charge in [-0.25, -0.2) is 9.59 Å². The van der Waals surface area contributed by atoms with Crippen molar-refractivity contribution in [2.75, 3.05) is 6.54 Å². The molecule has 0 spiro atoms. The normalized spacial score (nSPS) is 16.6. The van der Waals surface area contributed by atoms with Gasteiger partial charge in [0, 0.05) is 12.6 Å². The predicted octanol–water partition coefficient (Wildman–Crippen LogP) is 1.43. The average Bonchev–Trinajstić information content (AvgIpc) is 3.05. The summed E-state index contributed by atoms with van der Waals surface area (Å²) < 4.78 is 0. The third-order valence-electron chi connectivity index (χ3n) is 2.72. The van der Waals surface area contributed by atoms with Crippen LogP contribution in [0.25, 0.3) is 0 Å². The highest BCUT2D eigenvalue weighted by Gasteiger charge is 2.33. The first-order chi connectivity index (χ1) is 7.60. The molecule has 0 heterocycles. The van der Waals surface area contributed by atoms with Gasteiger partial charge in [-0.3, -0.25) is 0 Å². The summed E-state index contributed by atoms with van der Waals surface area (Å²) in [7, 11) is 0. The number of carbonyl (C=O) groups excluding carboxylic acids is 1. The Kier molecular flexibility index (Phi) is 4.58. The van der Waals surface area contributed by atoms with Gasteiger partial charge in [0.2, 0.25) is 0 Å². The van der Waals surface area contributed by atoms with Gasteiger partial charge < -0.3 is 15.3 Å². The van der Waals surface area contributed by atoms with Crippen LogP contribution in [0, 0.1) is 0 Å². The van der Waals surface area contributed by atoms with Crippen molar-refractivity contribution in [1.82, 2.24) is 10.2 Å². The van der Waals surface area contributed by atoms with Crippen LogP contribution in [0.2, 0.25) is 0 Å². The number of hydrogen-bond donors (Lipinski definition) is 2. The van der Waals surface area contributed by atoms with E-state index >= 15 is 0 Å². The number of nitrogens with one attached hydrogen (secondary N) is 1. The van der Waals surface area contributed by atoms with Crippen molar-refractivity contribution in [3.63, 3.8) is 0 Å². The summed E-state index contributed by atoms with van der Waals surface area (Å²) in [4.78, 5) is 24.4. The maximum absolute atomic E-state index is 11.8. The fourth-order valence-electron chi connectivity index (χ4n) is 1.65. The molecule has 0 aromatic carbocycles. The maximum Gasteiger partial charge on any atom is 0.326 e. The Balaban J connectivity index is 2.50. The van der Waals surface area contributed by atoms with Crippen molar-refractivity contribution in [1.29, 1.82) is 0 Å². The Hall–Kier alpha value is -1.26. The van der Waals surface area contributed by atoms with Crippen molar-refractivity contribution in [3.05, 3.63) is 0 Å². The van der Waals surface area contributed by atoms with Crippen LogP contribution < -0.4 is 5.32 Å². The fourth-order valence-corrected chi connectivity index (χ4v) is 1.65. The highest BCUT2D eigenvalue weighted by atomic mass is 16.4. The van der Waals surface area contributed by atoms with Gasteiger partial charge >= 0.3 is 12.0 Å². The van der Waals surface area contributed by atoms with Gasteiger partial charge in [-0.1, -0.05) is 13.8 Å². The van der Waals surface area contributed by atoms with Gasteiger partial charge in [0.25, 0.3) is 0 Å². The Morgan fingerprint density at radius 1 is 1.44 bits per heavy atom. The number of carboxylic acid groups (broad SMARTS) is 1. The first-order valence-corrected chi connectivity index (χ1v) is 5.90. The van der Waals surface area contributed by atoms with E-state index in [1.807, 2.05) is 6.92 Å². The minimum Gasteiger partial charge on any atom is -0.480 e. The second kappa shape index (κ2) is 5.72. The van der Waals surface area contributed by atoms with E-state index in [2.05, 4.69) is 5.32 Å². The molecule has 1 fully saturated rings. The lowest BCUT2D eigenvalue weighted by molar-refractivity contribution is -0.139. The molecular formula is C11H20N2O3. The van der Waals surface area contributed by atoms with E-state index in [1.54, 1.807) is 11.8 Å². The molecule has 0 saturated heterocycles. The highest BCUT2D eigenvalue weighted by Crippen LogP contribution is 2.26. The molecule has 2 amide bonds. The van der Waals surface area contributed by atoms with Crippen LogP contribution in [0.4, 0.5) is 4.79 Å². The zero-order chi connectivity index (χ0) is 12.1. The van der Waals surface area contributed by atoms with Crippen molar-refractivity contribution < 1.29 is 14.7 Å². The number of nitrogens with zero attached hydrogens (tertiary/aromatic N) is 1. The average molecular weight is 228 g/mol. The molecule has 2 N–H and O–H groups in total. The largest absolute Gasteiger partial charge is 0.480 e. The molecule has 1 saturated carbocycles. The summed E-state index contributed by atoms with van der Waals surface area (Å²) >= 11 is 0. The van der Waals surface area contributed by atoms with Crippen LogP contribution in [0.3, 0.4) is 0 Å². The third kappa shape index (κ3) is 3.40. The Morgan fingerprint density at radius 3 is 2.44 bits per heavy atom. The second-order valence-corrected chi connectivity index (χ2v) is 4.17. The lowest BCUT2D eigenvalue weighted by atomic mass is 10.2. The van der Waals surface area contributed by atoms with Crippen molar-refractivity contribution in [3.8, 4) is 0 Å². The van der Waals surface area contributed by atoms with E-state index in [9.17, 15) is 9.59 Å². The van der Waals surface area contributed by atoms with Crippen LogP contribution in [0.5, 0.6) is 0 Å². The number of carboxylic acids is 1. The summed E-state index contributed by atoms with van der Waals surface area (Å²) in [5.41, 5.74) is 0. The number of hydrogen-bond acceptors (Lipinski definition) is 2. The van der Waals surface area contributed by atoms with Crippen molar-refractivity contribution in [2.45, 2.75) is 51.6 Å². The molecule has 0 aromatic rings. The summed E-state index contributed by atoms with van der Waals surface area (Å²) in [6.07, 6.45) is 3.38. The van der Waals surface area contributed by atoms with Crippen molar-refractivity contribution >= 4 is 12.0 Å². The Bertz CT molecular complexity index is 264. The highest BCUT2D eigenvalue weighted by molar-refractivity contribution is 5.82. The van der Waals surface area contributed by atoms with E-state index in [1.165, 1.54) is 0 Å². The van der Waals surface area contributed by atoms with Crippen LogP contribution in [0.15, 0.2) is 0 Å². The maximum atomic E-state index is 11.8. The summed E-state index contributed by atoms with van der Waals surface area (Å²) in [6, 6.07) is -0.685. The van der Waals surface area contributed by atoms with E-state index < -0.39 is 12.0 Å². The summed E-state index contributed by atoms with van der Waals surface area (Å²) in [5, 5.41) is 11.4. The molecule has 16 heavy (non-hydrogen) atoms. The zero-order valence-electron chi connectivity index (χ0n) is 9.90. The fraction of sp³-hybridized carbons (Fsp3) is 0.818. The molecule has 0 bridgehead atoms. The molecule has 5 heteroatoms. The monoisotopic (exact) mass is 228 g/mol. The molecular weight excluding hydrogens is 208 g/mol. The number of urea groups is 1. The minimum atomic E-state index is -0.969. The molecule has 92 valence electrons. The molecule has 0 unspecified atom stereocenters. The van der Waals surface area contributed by atoms with Gasteiger partial charge in [0.15, 0.2) is 0 Å². The van der Waals surface area contributed by atoms with Gasteiger partial charge in [-0.15, -0.1) is 0 Å². The molecule has 0 radical (unpaired) electrons. The van der Waals surface area contributed by atoms with Crippen LogP contribution in [-0.4, -0.2) is 40.6 Å². The Morgan fingerprint density at radius 2 is 2.06 bits per heavy atom. The standard InChI is InChI=1S/C11H20N2O3/c1-3-7-13(8-5-6-8)11(16)12-9(4-2)10(14)15/h8-9H,3-7H2,1-2H3,(H,12,16)(H,14,15)/t9-/m1/s1. The molecule has 1 aliphatic rings. The first kappa shape index (κ1) is 12.8. The zero-order valence-corrected chi connectivity index (χ0v) is 9.90. The number of rotatable bonds is 6.